The van der Waals surface area contributed by atoms with Crippen LogP contribution in [0.1, 0.15) is 48.0 Å². The molecule has 0 aliphatic carbocycles. The Kier molecular flexibility index (Phi) is 9.12. The Balaban J connectivity index is 1.50. The number of carbonyl (C=O) groups excluding carboxylic acids is 2. The number of halogens is 1. The molecule has 1 aromatic heterocycles. The van der Waals surface area contributed by atoms with Gasteiger partial charge >= 0.3 is 5.97 Å². The van der Waals surface area contributed by atoms with Crippen LogP contribution in [-0.2, 0) is 22.1 Å². The van der Waals surface area contributed by atoms with Gasteiger partial charge in [-0.15, -0.1) is 0 Å². The lowest BCUT2D eigenvalue weighted by molar-refractivity contribution is -0.133. The van der Waals surface area contributed by atoms with Crippen molar-refractivity contribution < 1.29 is 23.5 Å². The third kappa shape index (κ3) is 6.92. The van der Waals surface area contributed by atoms with Crippen LogP contribution in [-0.4, -0.2) is 38.5 Å². The molecule has 0 radical (unpaired) electrons. The van der Waals surface area contributed by atoms with Crippen LogP contribution in [0.5, 0.6) is 11.5 Å². The van der Waals surface area contributed by atoms with Crippen LogP contribution >= 0.6 is 11.6 Å². The quantitative estimate of drug-likeness (QED) is 0.112. The molecule has 0 amide bonds. The van der Waals surface area contributed by atoms with Crippen molar-refractivity contribution in [3.63, 3.8) is 0 Å². The Hall–Kier alpha value is -3.39. The number of ether oxygens (including phenoxy) is 2. The second-order valence-electron chi connectivity index (χ2n) is 11.7. The van der Waals surface area contributed by atoms with Crippen molar-refractivity contribution in [2.24, 2.45) is 0 Å². The highest BCUT2D eigenvalue weighted by Gasteiger charge is 2.36. The van der Waals surface area contributed by atoms with E-state index in [1.165, 1.54) is 0 Å². The maximum Gasteiger partial charge on any atom is 0.315 e. The largest absolute Gasteiger partial charge is 0.497 e. The molecule has 41 heavy (non-hydrogen) atoms. The van der Waals surface area contributed by atoms with E-state index in [1.54, 1.807) is 42.0 Å². The Morgan fingerprint density at radius 3 is 2.17 bits per heavy atom. The van der Waals surface area contributed by atoms with Gasteiger partial charge in [0.1, 0.15) is 11.5 Å². The van der Waals surface area contributed by atoms with E-state index in [0.29, 0.717) is 45.5 Å². The number of nitrogens with zero attached hydrogens (tertiary/aromatic N) is 1. The molecular weight excluding hydrogens is 554 g/mol. The first kappa shape index (κ1) is 30.6. The number of methoxy groups -OCH3 is 1. The topological polar surface area (TPSA) is 66.8 Å². The van der Waals surface area contributed by atoms with Crippen molar-refractivity contribution in [3.05, 3.63) is 94.1 Å². The van der Waals surface area contributed by atoms with Gasteiger partial charge in [0, 0.05) is 28.3 Å². The van der Waals surface area contributed by atoms with Crippen LogP contribution in [0.2, 0.25) is 23.2 Å². The molecule has 0 aliphatic rings. The molecule has 0 atom stereocenters. The minimum atomic E-state index is -1.79. The predicted molar refractivity (Wildman–Crippen MR) is 167 cm³/mol. The third-order valence-corrected chi connectivity index (χ3v) is 12.8. The van der Waals surface area contributed by atoms with Gasteiger partial charge in [-0.2, -0.15) is 0 Å². The van der Waals surface area contributed by atoms with Gasteiger partial charge in [-0.05, 0) is 97.2 Å². The van der Waals surface area contributed by atoms with Gasteiger partial charge in [-0.25, -0.2) is 0 Å². The average Bonchev–Trinajstić information content (AvgIpc) is 3.19. The first-order valence-electron chi connectivity index (χ1n) is 13.7. The number of carbonyl (C=O) groups is 2. The first-order chi connectivity index (χ1) is 19.3. The first-order valence-corrected chi connectivity index (χ1v) is 17.0. The van der Waals surface area contributed by atoms with Gasteiger partial charge < -0.3 is 13.9 Å². The summed E-state index contributed by atoms with van der Waals surface area (Å²) in [5, 5.41) is 1.48. The Morgan fingerprint density at radius 1 is 0.927 bits per heavy atom. The maximum absolute atomic E-state index is 13.5. The lowest BCUT2D eigenvalue weighted by atomic mass is 10.1. The van der Waals surface area contributed by atoms with Crippen molar-refractivity contribution >= 4 is 42.7 Å². The highest BCUT2D eigenvalue weighted by atomic mass is 35.5. The molecule has 4 aromatic rings. The molecule has 0 fully saturated rings. The van der Waals surface area contributed by atoms with Gasteiger partial charge in [0.15, 0.2) is 8.32 Å². The van der Waals surface area contributed by atoms with E-state index in [9.17, 15) is 9.59 Å². The molecule has 6 nitrogen and oxygen atoms in total. The fourth-order valence-corrected chi connectivity index (χ4v) is 5.64. The average molecular weight is 592 g/mol. The summed E-state index contributed by atoms with van der Waals surface area (Å²) in [4.78, 5) is 26.6. The van der Waals surface area contributed by atoms with E-state index in [4.69, 9.17) is 25.5 Å². The Labute approximate surface area is 248 Å². The smallest absolute Gasteiger partial charge is 0.315 e. The molecule has 0 unspecified atom stereocenters. The SMILES string of the molecule is COc1ccc2c(c1)c(CC(=O)Oc1ccc(CCO[Si](C)(C)C(C)(C)C)cc1)c(C)n2C(=O)c1ccc(Cl)cc1. The number of fused-ring (bicyclic) bond motifs is 1. The zero-order valence-electron chi connectivity index (χ0n) is 24.8. The van der Waals surface area contributed by atoms with E-state index in [2.05, 4.69) is 33.9 Å². The van der Waals surface area contributed by atoms with Crippen molar-refractivity contribution in [1.29, 1.82) is 0 Å². The number of hydrogen-bond acceptors (Lipinski definition) is 5. The summed E-state index contributed by atoms with van der Waals surface area (Å²) in [6.45, 7) is 13.7. The third-order valence-electron chi connectivity index (χ3n) is 7.97. The van der Waals surface area contributed by atoms with E-state index >= 15 is 0 Å². The van der Waals surface area contributed by atoms with Crippen molar-refractivity contribution in [2.75, 3.05) is 13.7 Å². The van der Waals surface area contributed by atoms with Gasteiger partial charge in [-0.3, -0.25) is 14.2 Å². The summed E-state index contributed by atoms with van der Waals surface area (Å²) in [5.74, 6) is 0.488. The summed E-state index contributed by atoms with van der Waals surface area (Å²) < 4.78 is 19.0. The minimum absolute atomic E-state index is 0.00148. The van der Waals surface area contributed by atoms with E-state index < -0.39 is 14.3 Å². The van der Waals surface area contributed by atoms with Gasteiger partial charge in [0.05, 0.1) is 19.0 Å². The molecular formula is C33H38ClNO5Si. The monoisotopic (exact) mass is 591 g/mol. The fraction of sp³-hybridized carbons (Fsp3) is 0.333. The zero-order chi connectivity index (χ0) is 29.9. The molecule has 216 valence electrons. The molecule has 3 aromatic carbocycles. The van der Waals surface area contributed by atoms with E-state index in [-0.39, 0.29) is 17.4 Å². The lowest BCUT2D eigenvalue weighted by Gasteiger charge is -2.36. The van der Waals surface area contributed by atoms with Crippen LogP contribution < -0.4 is 9.47 Å². The molecule has 4 rings (SSSR count). The van der Waals surface area contributed by atoms with E-state index in [1.807, 2.05) is 43.3 Å². The molecule has 1 heterocycles. The number of benzene rings is 3. The van der Waals surface area contributed by atoms with Gasteiger partial charge in [0.2, 0.25) is 0 Å². The molecule has 0 spiro atoms. The fourth-order valence-electron chi connectivity index (χ4n) is 4.47. The zero-order valence-corrected chi connectivity index (χ0v) is 26.6. The summed E-state index contributed by atoms with van der Waals surface area (Å²) in [6.07, 6.45) is 0.793. The highest BCUT2D eigenvalue weighted by molar-refractivity contribution is 6.74. The summed E-state index contributed by atoms with van der Waals surface area (Å²) in [7, 11) is -0.207. The molecule has 0 aliphatic heterocycles. The van der Waals surface area contributed by atoms with Crippen LogP contribution in [0.3, 0.4) is 0 Å². The number of hydrogen-bond donors (Lipinski definition) is 0. The summed E-state index contributed by atoms with van der Waals surface area (Å²) in [6, 6.07) is 19.8. The van der Waals surface area contributed by atoms with Crippen LogP contribution in [0.25, 0.3) is 10.9 Å². The van der Waals surface area contributed by atoms with Crippen molar-refractivity contribution in [3.8, 4) is 11.5 Å². The van der Waals surface area contributed by atoms with Crippen molar-refractivity contribution in [1.82, 2.24) is 4.57 Å². The highest BCUT2D eigenvalue weighted by Crippen LogP contribution is 2.36. The number of esters is 1. The summed E-state index contributed by atoms with van der Waals surface area (Å²) >= 11 is 6.02. The second-order valence-corrected chi connectivity index (χ2v) is 17.0. The molecule has 0 bridgehead atoms. The molecule has 8 heteroatoms. The normalized spacial score (nSPS) is 12.0. The number of aromatic nitrogens is 1. The second kappa shape index (κ2) is 12.2. The lowest BCUT2D eigenvalue weighted by Crippen LogP contribution is -2.41. The van der Waals surface area contributed by atoms with E-state index in [0.717, 1.165) is 17.4 Å². The van der Waals surface area contributed by atoms with Crippen LogP contribution in [0.15, 0.2) is 66.7 Å². The predicted octanol–water partition coefficient (Wildman–Crippen LogP) is 8.01. The molecule has 0 N–H and O–H groups in total. The van der Waals surface area contributed by atoms with Gasteiger partial charge in [-0.1, -0.05) is 44.5 Å². The minimum Gasteiger partial charge on any atom is -0.497 e. The molecule has 0 saturated heterocycles. The standard InChI is InChI=1S/C33H38ClNO5Si/c1-22-28(21-31(36)40-26-14-8-23(9-15-26)18-19-39-41(6,7)33(2,3)4)29-20-27(38-5)16-17-30(29)35(22)32(37)24-10-12-25(34)13-11-24/h8-17,20H,18-19,21H2,1-7H3. The van der Waals surface area contributed by atoms with Crippen LogP contribution in [0, 0.1) is 6.92 Å². The summed E-state index contributed by atoms with van der Waals surface area (Å²) in [5.41, 5.74) is 3.69. The molecule has 0 saturated carbocycles. The maximum atomic E-state index is 13.5. The van der Waals surface area contributed by atoms with Gasteiger partial charge in [0.25, 0.3) is 5.91 Å². The Morgan fingerprint density at radius 2 is 1.56 bits per heavy atom. The van der Waals surface area contributed by atoms with Crippen LogP contribution in [0.4, 0.5) is 0 Å². The number of rotatable bonds is 9. The Bertz CT molecular complexity index is 1550. The van der Waals surface area contributed by atoms with Crippen molar-refractivity contribution in [2.45, 2.75) is 58.7 Å².